The molecule has 0 atom stereocenters. The van der Waals surface area contributed by atoms with Crippen molar-refractivity contribution in [2.45, 2.75) is 4.90 Å². The standard InChI is InChI=1S/C18H21N3O3S.ClH/c1-21(16-7-3-2-4-8-16)25(23,24)17-9-5-6-15(10-17)18(22)20-13-14-11-19-12-14;/h2-10,14,19H,11-13H2,1H3,(H,20,22);1H. The van der Waals surface area contributed by atoms with E-state index in [2.05, 4.69) is 10.6 Å². The number of nitrogens with zero attached hydrogens (tertiary/aromatic N) is 1. The second-order valence-corrected chi connectivity index (χ2v) is 8.04. The average Bonchev–Trinajstić information content (AvgIpc) is 2.60. The van der Waals surface area contributed by atoms with E-state index in [9.17, 15) is 13.2 Å². The fourth-order valence-corrected chi connectivity index (χ4v) is 3.81. The van der Waals surface area contributed by atoms with E-state index in [1.54, 1.807) is 36.4 Å². The molecular formula is C18H22ClN3O3S. The summed E-state index contributed by atoms with van der Waals surface area (Å²) in [6.45, 7) is 2.39. The van der Waals surface area contributed by atoms with Gasteiger partial charge in [-0.25, -0.2) is 8.42 Å². The highest BCUT2D eigenvalue weighted by Gasteiger charge is 2.23. The highest BCUT2D eigenvalue weighted by atomic mass is 35.5. The van der Waals surface area contributed by atoms with Crippen LogP contribution >= 0.6 is 12.4 Å². The minimum absolute atomic E-state index is 0. The van der Waals surface area contributed by atoms with Crippen molar-refractivity contribution in [1.82, 2.24) is 10.6 Å². The van der Waals surface area contributed by atoms with E-state index in [1.165, 1.54) is 23.5 Å². The van der Waals surface area contributed by atoms with Gasteiger partial charge in [0.25, 0.3) is 15.9 Å². The zero-order valence-corrected chi connectivity index (χ0v) is 16.0. The van der Waals surface area contributed by atoms with E-state index in [-0.39, 0.29) is 23.2 Å². The zero-order valence-electron chi connectivity index (χ0n) is 14.4. The predicted molar refractivity (Wildman–Crippen MR) is 104 cm³/mol. The van der Waals surface area contributed by atoms with Crippen LogP contribution in [-0.4, -0.2) is 41.0 Å². The number of hydrogen-bond donors (Lipinski definition) is 2. The number of nitrogens with one attached hydrogen (secondary N) is 2. The molecule has 2 N–H and O–H groups in total. The highest BCUT2D eigenvalue weighted by molar-refractivity contribution is 7.92. The van der Waals surface area contributed by atoms with Crippen LogP contribution in [0.4, 0.5) is 5.69 Å². The molecule has 2 aromatic rings. The lowest BCUT2D eigenvalue weighted by atomic mass is 10.0. The summed E-state index contributed by atoms with van der Waals surface area (Å²) in [5.74, 6) is 0.186. The number of carbonyl (C=O) groups excluding carboxylic acids is 1. The molecule has 6 nitrogen and oxygen atoms in total. The Balaban J connectivity index is 0.00000243. The topological polar surface area (TPSA) is 78.5 Å². The van der Waals surface area contributed by atoms with Crippen molar-refractivity contribution < 1.29 is 13.2 Å². The van der Waals surface area contributed by atoms with E-state index >= 15 is 0 Å². The van der Waals surface area contributed by atoms with E-state index in [0.717, 1.165) is 13.1 Å². The van der Waals surface area contributed by atoms with Crippen LogP contribution in [0.15, 0.2) is 59.5 Å². The van der Waals surface area contributed by atoms with E-state index in [1.807, 2.05) is 6.07 Å². The van der Waals surface area contributed by atoms with Crippen LogP contribution in [0, 0.1) is 5.92 Å². The Labute approximate surface area is 160 Å². The number of rotatable bonds is 6. The molecular weight excluding hydrogens is 374 g/mol. The first-order valence-electron chi connectivity index (χ1n) is 8.11. The molecule has 140 valence electrons. The third-order valence-corrected chi connectivity index (χ3v) is 6.07. The van der Waals surface area contributed by atoms with Gasteiger partial charge in [-0.1, -0.05) is 24.3 Å². The SMILES string of the molecule is CN(c1ccccc1)S(=O)(=O)c1cccc(C(=O)NCC2CNC2)c1.Cl. The molecule has 1 amide bonds. The molecule has 0 unspecified atom stereocenters. The first-order valence-corrected chi connectivity index (χ1v) is 9.55. The summed E-state index contributed by atoms with van der Waals surface area (Å²) in [5, 5.41) is 6.00. The van der Waals surface area contributed by atoms with Crippen LogP contribution < -0.4 is 14.9 Å². The summed E-state index contributed by atoms with van der Waals surface area (Å²) in [6.07, 6.45) is 0. The van der Waals surface area contributed by atoms with Crippen molar-refractivity contribution in [3.8, 4) is 0 Å². The molecule has 0 saturated carbocycles. The summed E-state index contributed by atoms with van der Waals surface area (Å²) < 4.78 is 26.8. The molecule has 0 bridgehead atoms. The van der Waals surface area contributed by atoms with Gasteiger partial charge < -0.3 is 10.6 Å². The predicted octanol–water partition coefficient (Wildman–Crippen LogP) is 1.88. The van der Waals surface area contributed by atoms with Crippen LogP contribution in [0.2, 0.25) is 0 Å². The smallest absolute Gasteiger partial charge is 0.264 e. The van der Waals surface area contributed by atoms with E-state index in [0.29, 0.717) is 23.7 Å². The lowest BCUT2D eigenvalue weighted by Crippen LogP contribution is -2.48. The van der Waals surface area contributed by atoms with Gasteiger partial charge in [-0.3, -0.25) is 9.10 Å². The Morgan fingerprint density at radius 3 is 2.46 bits per heavy atom. The molecule has 26 heavy (non-hydrogen) atoms. The van der Waals surface area contributed by atoms with Crippen LogP contribution in [-0.2, 0) is 10.0 Å². The fraction of sp³-hybridized carbons (Fsp3) is 0.278. The highest BCUT2D eigenvalue weighted by Crippen LogP contribution is 2.22. The number of sulfonamides is 1. The number of halogens is 1. The normalized spacial score (nSPS) is 14.0. The Bertz CT molecular complexity index is 855. The first-order chi connectivity index (χ1) is 12.0. The van der Waals surface area contributed by atoms with Gasteiger partial charge in [0.2, 0.25) is 0 Å². The maximum atomic E-state index is 12.8. The minimum atomic E-state index is -3.73. The molecule has 0 aromatic heterocycles. The van der Waals surface area contributed by atoms with Crippen LogP contribution in [0.25, 0.3) is 0 Å². The Morgan fingerprint density at radius 1 is 1.15 bits per heavy atom. The number of anilines is 1. The lowest BCUT2D eigenvalue weighted by Gasteiger charge is -2.27. The van der Waals surface area contributed by atoms with E-state index < -0.39 is 10.0 Å². The van der Waals surface area contributed by atoms with Gasteiger partial charge in [0.1, 0.15) is 0 Å². The van der Waals surface area contributed by atoms with Crippen LogP contribution in [0.5, 0.6) is 0 Å². The molecule has 1 aliphatic heterocycles. The minimum Gasteiger partial charge on any atom is -0.352 e. The second-order valence-electron chi connectivity index (χ2n) is 6.07. The van der Waals surface area contributed by atoms with Gasteiger partial charge >= 0.3 is 0 Å². The molecule has 0 radical (unpaired) electrons. The second kappa shape index (κ2) is 8.53. The van der Waals surface area contributed by atoms with Crippen molar-refractivity contribution in [1.29, 1.82) is 0 Å². The summed E-state index contributed by atoms with van der Waals surface area (Å²) in [6, 6.07) is 15.0. The van der Waals surface area contributed by atoms with Crippen LogP contribution in [0.1, 0.15) is 10.4 Å². The van der Waals surface area contributed by atoms with Crippen molar-refractivity contribution in [3.63, 3.8) is 0 Å². The van der Waals surface area contributed by atoms with Crippen molar-refractivity contribution in [2.75, 3.05) is 31.0 Å². The van der Waals surface area contributed by atoms with Gasteiger partial charge in [0.15, 0.2) is 0 Å². The van der Waals surface area contributed by atoms with Crippen molar-refractivity contribution in [2.24, 2.45) is 5.92 Å². The molecule has 0 spiro atoms. The summed E-state index contributed by atoms with van der Waals surface area (Å²) >= 11 is 0. The first kappa shape index (κ1) is 20.2. The maximum absolute atomic E-state index is 12.8. The van der Waals surface area contributed by atoms with Gasteiger partial charge in [0.05, 0.1) is 10.6 Å². The Kier molecular flexibility index (Phi) is 6.63. The molecule has 2 aromatic carbocycles. The maximum Gasteiger partial charge on any atom is 0.264 e. The largest absolute Gasteiger partial charge is 0.352 e. The summed E-state index contributed by atoms with van der Waals surface area (Å²) in [7, 11) is -2.23. The third kappa shape index (κ3) is 4.35. The van der Waals surface area contributed by atoms with Crippen molar-refractivity contribution >= 4 is 34.0 Å². The molecule has 8 heteroatoms. The van der Waals surface area contributed by atoms with Gasteiger partial charge in [0, 0.05) is 38.2 Å². The van der Waals surface area contributed by atoms with Crippen LogP contribution in [0.3, 0.4) is 0 Å². The monoisotopic (exact) mass is 395 g/mol. The fourth-order valence-electron chi connectivity index (χ4n) is 2.56. The van der Waals surface area contributed by atoms with Crippen molar-refractivity contribution in [3.05, 3.63) is 60.2 Å². The third-order valence-electron chi connectivity index (χ3n) is 4.29. The summed E-state index contributed by atoms with van der Waals surface area (Å²) in [4.78, 5) is 12.4. The van der Waals surface area contributed by atoms with Gasteiger partial charge in [-0.2, -0.15) is 0 Å². The number of amides is 1. The zero-order chi connectivity index (χ0) is 17.9. The Hall–Kier alpha value is -2.09. The molecule has 1 heterocycles. The number of hydrogen-bond acceptors (Lipinski definition) is 4. The van der Waals surface area contributed by atoms with Gasteiger partial charge in [-0.05, 0) is 30.3 Å². The lowest BCUT2D eigenvalue weighted by molar-refractivity contribution is 0.0942. The molecule has 3 rings (SSSR count). The molecule has 1 fully saturated rings. The quantitative estimate of drug-likeness (QED) is 0.782. The molecule has 1 aliphatic rings. The molecule has 1 saturated heterocycles. The van der Waals surface area contributed by atoms with E-state index in [4.69, 9.17) is 0 Å². The average molecular weight is 396 g/mol. The number of benzene rings is 2. The Morgan fingerprint density at radius 2 is 1.85 bits per heavy atom. The number of para-hydroxylation sites is 1. The molecule has 0 aliphatic carbocycles. The summed E-state index contributed by atoms with van der Waals surface area (Å²) in [5.41, 5.74) is 0.907. The van der Waals surface area contributed by atoms with Gasteiger partial charge in [-0.15, -0.1) is 12.4 Å². The number of carbonyl (C=O) groups is 1.